The van der Waals surface area contributed by atoms with Crippen LogP contribution in [0, 0.1) is 12.7 Å². The summed E-state index contributed by atoms with van der Waals surface area (Å²) in [6.45, 7) is 2.86. The Bertz CT molecular complexity index is 1200. The number of halogens is 1. The van der Waals surface area contributed by atoms with Crippen molar-refractivity contribution in [2.75, 3.05) is 12.4 Å². The molecule has 1 aromatic heterocycles. The standard InChI is InChI=1S/C24H21FN2O2S/c1-17-6-12-20(13-7-17)29-14-15-30-24-26-22-5-3-2-4-21(22)23(28)27(24)16-18-8-10-19(25)11-9-18/h2-13H,14-16H2,1H3. The predicted molar refractivity (Wildman–Crippen MR) is 119 cm³/mol. The van der Waals surface area contributed by atoms with E-state index in [1.54, 1.807) is 22.8 Å². The van der Waals surface area contributed by atoms with Crippen LogP contribution in [0.25, 0.3) is 10.9 Å². The first-order chi connectivity index (χ1) is 14.6. The fourth-order valence-corrected chi connectivity index (χ4v) is 3.91. The van der Waals surface area contributed by atoms with Gasteiger partial charge in [-0.25, -0.2) is 9.37 Å². The normalized spacial score (nSPS) is 11.0. The molecule has 4 nitrogen and oxygen atoms in total. The number of nitrogens with zero attached hydrogens (tertiary/aromatic N) is 2. The van der Waals surface area contributed by atoms with E-state index in [1.165, 1.54) is 29.5 Å². The average molecular weight is 421 g/mol. The number of hydrogen-bond acceptors (Lipinski definition) is 4. The Morgan fingerprint density at radius 3 is 2.50 bits per heavy atom. The average Bonchev–Trinajstić information content (AvgIpc) is 2.76. The van der Waals surface area contributed by atoms with Crippen LogP contribution in [0.1, 0.15) is 11.1 Å². The number of benzene rings is 3. The molecular formula is C24H21FN2O2S. The Morgan fingerprint density at radius 1 is 1.00 bits per heavy atom. The van der Waals surface area contributed by atoms with Gasteiger partial charge in [0.15, 0.2) is 5.16 Å². The molecular weight excluding hydrogens is 399 g/mol. The Labute approximate surface area is 178 Å². The molecule has 4 aromatic rings. The minimum absolute atomic E-state index is 0.105. The van der Waals surface area contributed by atoms with E-state index >= 15 is 0 Å². The number of aryl methyl sites for hydroxylation is 1. The minimum atomic E-state index is -0.300. The van der Waals surface area contributed by atoms with Gasteiger partial charge in [-0.05, 0) is 48.9 Å². The van der Waals surface area contributed by atoms with E-state index < -0.39 is 0 Å². The predicted octanol–water partition coefficient (Wildman–Crippen LogP) is 5.06. The molecule has 0 saturated carbocycles. The van der Waals surface area contributed by atoms with Gasteiger partial charge in [-0.15, -0.1) is 0 Å². The van der Waals surface area contributed by atoms with Crippen LogP contribution in [0.3, 0.4) is 0 Å². The maximum atomic E-state index is 13.3. The molecule has 152 valence electrons. The summed E-state index contributed by atoms with van der Waals surface area (Å²) in [5, 5.41) is 1.19. The van der Waals surface area contributed by atoms with E-state index in [1.807, 2.05) is 49.4 Å². The highest BCUT2D eigenvalue weighted by Crippen LogP contribution is 2.20. The van der Waals surface area contributed by atoms with Crippen molar-refractivity contribution in [1.29, 1.82) is 0 Å². The van der Waals surface area contributed by atoms with Crippen LogP contribution in [0.5, 0.6) is 5.75 Å². The summed E-state index contributed by atoms with van der Waals surface area (Å²) in [4.78, 5) is 17.8. The summed E-state index contributed by atoms with van der Waals surface area (Å²) in [5.41, 5.74) is 2.59. The Hall–Kier alpha value is -3.12. The van der Waals surface area contributed by atoms with Crippen molar-refractivity contribution in [2.24, 2.45) is 0 Å². The first-order valence-corrected chi connectivity index (χ1v) is 10.6. The molecule has 0 aliphatic carbocycles. The zero-order valence-electron chi connectivity index (χ0n) is 16.5. The second kappa shape index (κ2) is 9.13. The molecule has 0 aliphatic rings. The molecule has 0 atom stereocenters. The smallest absolute Gasteiger partial charge is 0.262 e. The molecule has 6 heteroatoms. The number of rotatable bonds is 7. The van der Waals surface area contributed by atoms with Crippen LogP contribution in [0.4, 0.5) is 4.39 Å². The first-order valence-electron chi connectivity index (χ1n) is 9.66. The van der Waals surface area contributed by atoms with Crippen molar-refractivity contribution < 1.29 is 9.13 Å². The van der Waals surface area contributed by atoms with Gasteiger partial charge in [0.2, 0.25) is 0 Å². The second-order valence-electron chi connectivity index (χ2n) is 6.94. The number of hydrogen-bond donors (Lipinski definition) is 0. The van der Waals surface area contributed by atoms with Crippen molar-refractivity contribution >= 4 is 22.7 Å². The number of fused-ring (bicyclic) bond motifs is 1. The topological polar surface area (TPSA) is 44.1 Å². The van der Waals surface area contributed by atoms with Gasteiger partial charge in [0.05, 0.1) is 24.1 Å². The molecule has 1 heterocycles. The van der Waals surface area contributed by atoms with Gasteiger partial charge < -0.3 is 4.74 Å². The van der Waals surface area contributed by atoms with Gasteiger partial charge in [-0.1, -0.05) is 53.7 Å². The van der Waals surface area contributed by atoms with Crippen LogP contribution < -0.4 is 10.3 Å². The lowest BCUT2D eigenvalue weighted by atomic mass is 10.2. The highest BCUT2D eigenvalue weighted by Gasteiger charge is 2.12. The monoisotopic (exact) mass is 420 g/mol. The Morgan fingerprint density at radius 2 is 1.73 bits per heavy atom. The fourth-order valence-electron chi connectivity index (χ4n) is 3.10. The van der Waals surface area contributed by atoms with E-state index in [9.17, 15) is 9.18 Å². The summed E-state index contributed by atoms with van der Waals surface area (Å²) in [6, 6.07) is 21.4. The zero-order chi connectivity index (χ0) is 20.9. The maximum Gasteiger partial charge on any atom is 0.262 e. The maximum absolute atomic E-state index is 13.3. The second-order valence-corrected chi connectivity index (χ2v) is 8.00. The quantitative estimate of drug-likeness (QED) is 0.238. The molecule has 4 rings (SSSR count). The number of para-hydroxylation sites is 1. The Kier molecular flexibility index (Phi) is 6.14. The molecule has 0 unspecified atom stereocenters. The lowest BCUT2D eigenvalue weighted by molar-refractivity contribution is 0.343. The van der Waals surface area contributed by atoms with Gasteiger partial charge in [0, 0.05) is 5.75 Å². The molecule has 0 bridgehead atoms. The van der Waals surface area contributed by atoms with Crippen molar-refractivity contribution in [3.05, 3.63) is 100 Å². The van der Waals surface area contributed by atoms with Crippen LogP contribution in [-0.4, -0.2) is 21.9 Å². The Balaban J connectivity index is 1.56. The highest BCUT2D eigenvalue weighted by atomic mass is 32.2. The molecule has 30 heavy (non-hydrogen) atoms. The summed E-state index contributed by atoms with van der Waals surface area (Å²) in [6.07, 6.45) is 0. The van der Waals surface area contributed by atoms with Crippen molar-refractivity contribution in [2.45, 2.75) is 18.6 Å². The van der Waals surface area contributed by atoms with E-state index in [2.05, 4.69) is 0 Å². The van der Waals surface area contributed by atoms with Gasteiger partial charge in [0.1, 0.15) is 11.6 Å². The summed E-state index contributed by atoms with van der Waals surface area (Å²) in [7, 11) is 0. The molecule has 0 radical (unpaired) electrons. The molecule has 0 N–H and O–H groups in total. The highest BCUT2D eigenvalue weighted by molar-refractivity contribution is 7.99. The minimum Gasteiger partial charge on any atom is -0.493 e. The van der Waals surface area contributed by atoms with E-state index in [0.29, 0.717) is 35.0 Å². The molecule has 0 aliphatic heterocycles. The van der Waals surface area contributed by atoms with Gasteiger partial charge >= 0.3 is 0 Å². The summed E-state index contributed by atoms with van der Waals surface area (Å²) >= 11 is 1.47. The number of aromatic nitrogens is 2. The van der Waals surface area contributed by atoms with Crippen LogP contribution in [-0.2, 0) is 6.54 Å². The molecule has 3 aromatic carbocycles. The third kappa shape index (κ3) is 4.71. The third-order valence-electron chi connectivity index (χ3n) is 4.68. The molecule has 0 fully saturated rings. The first kappa shape index (κ1) is 20.2. The fraction of sp³-hybridized carbons (Fsp3) is 0.167. The van der Waals surface area contributed by atoms with Gasteiger partial charge in [-0.3, -0.25) is 9.36 Å². The lowest BCUT2D eigenvalue weighted by Gasteiger charge is -2.13. The van der Waals surface area contributed by atoms with E-state index in [4.69, 9.17) is 9.72 Å². The van der Waals surface area contributed by atoms with Crippen molar-refractivity contribution in [1.82, 2.24) is 9.55 Å². The molecule has 0 amide bonds. The van der Waals surface area contributed by atoms with Crippen molar-refractivity contribution in [3.8, 4) is 5.75 Å². The molecule has 0 spiro atoms. The van der Waals surface area contributed by atoms with Crippen LogP contribution in [0.15, 0.2) is 82.7 Å². The number of thioether (sulfide) groups is 1. The summed E-state index contributed by atoms with van der Waals surface area (Å²) in [5.74, 6) is 1.16. The molecule has 0 saturated heterocycles. The van der Waals surface area contributed by atoms with Gasteiger partial charge in [0.25, 0.3) is 5.56 Å². The third-order valence-corrected chi connectivity index (χ3v) is 5.63. The lowest BCUT2D eigenvalue weighted by Crippen LogP contribution is -2.24. The number of ether oxygens (including phenoxy) is 1. The largest absolute Gasteiger partial charge is 0.493 e. The van der Waals surface area contributed by atoms with E-state index in [0.717, 1.165) is 11.3 Å². The van der Waals surface area contributed by atoms with Crippen LogP contribution in [0.2, 0.25) is 0 Å². The zero-order valence-corrected chi connectivity index (χ0v) is 17.4. The van der Waals surface area contributed by atoms with Crippen molar-refractivity contribution in [3.63, 3.8) is 0 Å². The van der Waals surface area contributed by atoms with E-state index in [-0.39, 0.29) is 11.4 Å². The SMILES string of the molecule is Cc1ccc(OCCSc2nc3ccccc3c(=O)n2Cc2ccc(F)cc2)cc1. The van der Waals surface area contributed by atoms with Gasteiger partial charge in [-0.2, -0.15) is 0 Å². The van der Waals surface area contributed by atoms with Crippen LogP contribution >= 0.6 is 11.8 Å². The summed E-state index contributed by atoms with van der Waals surface area (Å²) < 4.78 is 20.7.